The average Bonchev–Trinajstić information content (AvgIpc) is 2.70. The Morgan fingerprint density at radius 1 is 1.50 bits per heavy atom. The van der Waals surface area contributed by atoms with Crippen molar-refractivity contribution < 1.29 is 9.18 Å². The van der Waals surface area contributed by atoms with E-state index in [4.69, 9.17) is 0 Å². The summed E-state index contributed by atoms with van der Waals surface area (Å²) >= 11 is 1.71. The van der Waals surface area contributed by atoms with Crippen LogP contribution in [0.4, 0.5) is 4.39 Å². The molecule has 0 spiro atoms. The maximum atomic E-state index is 13.1. The van der Waals surface area contributed by atoms with E-state index in [2.05, 4.69) is 0 Å². The molecule has 3 heteroatoms. The van der Waals surface area contributed by atoms with Crippen LogP contribution in [0.25, 0.3) is 0 Å². The van der Waals surface area contributed by atoms with Gasteiger partial charge in [-0.15, -0.1) is 11.8 Å². The number of halogens is 1. The Bertz CT molecular complexity index is 422. The third-order valence-corrected chi connectivity index (χ3v) is 4.64. The fraction of sp³-hybridized carbons (Fsp3) is 0.462. The molecule has 16 heavy (non-hydrogen) atoms. The monoisotopic (exact) mass is 238 g/mol. The fourth-order valence-electron chi connectivity index (χ4n) is 2.05. The van der Waals surface area contributed by atoms with Crippen LogP contribution in [0.3, 0.4) is 0 Å². The van der Waals surface area contributed by atoms with Gasteiger partial charge < -0.3 is 0 Å². The zero-order valence-electron chi connectivity index (χ0n) is 9.55. The smallest absolute Gasteiger partial charge is 0.178 e. The van der Waals surface area contributed by atoms with Crippen molar-refractivity contribution in [2.24, 2.45) is 0 Å². The molecule has 0 bridgehead atoms. The summed E-state index contributed by atoms with van der Waals surface area (Å²) in [6.45, 7) is 3.68. The van der Waals surface area contributed by atoms with Gasteiger partial charge >= 0.3 is 0 Å². The summed E-state index contributed by atoms with van der Waals surface area (Å²) in [6.07, 6.45) is 2.01. The molecule has 0 saturated carbocycles. The molecule has 1 heterocycles. The first kappa shape index (κ1) is 11.6. The van der Waals surface area contributed by atoms with E-state index < -0.39 is 0 Å². The Kier molecular flexibility index (Phi) is 3.06. The average molecular weight is 238 g/mol. The normalized spacial score (nSPS) is 24.7. The number of rotatable bonds is 2. The molecular weight excluding hydrogens is 223 g/mol. The minimum Gasteiger partial charge on any atom is -0.293 e. The second-order valence-corrected chi connectivity index (χ2v) is 6.07. The minimum atomic E-state index is -0.301. The maximum absolute atomic E-state index is 13.1. The van der Waals surface area contributed by atoms with Crippen LogP contribution in [-0.2, 0) is 0 Å². The van der Waals surface area contributed by atoms with Gasteiger partial charge in [-0.1, -0.05) is 0 Å². The van der Waals surface area contributed by atoms with Crippen LogP contribution in [0, 0.1) is 12.7 Å². The van der Waals surface area contributed by atoms with Crippen LogP contribution in [0.5, 0.6) is 0 Å². The summed E-state index contributed by atoms with van der Waals surface area (Å²) in [5, 5.41) is 0. The van der Waals surface area contributed by atoms with Gasteiger partial charge in [0.15, 0.2) is 5.78 Å². The highest BCUT2D eigenvalue weighted by Crippen LogP contribution is 2.40. The quantitative estimate of drug-likeness (QED) is 0.732. The molecule has 1 aliphatic rings. The number of hydrogen-bond donors (Lipinski definition) is 0. The molecule has 0 N–H and O–H groups in total. The molecule has 0 amide bonds. The van der Waals surface area contributed by atoms with Crippen molar-refractivity contribution in [3.8, 4) is 0 Å². The lowest BCUT2D eigenvalue weighted by molar-refractivity contribution is 0.0949. The van der Waals surface area contributed by atoms with E-state index in [1.165, 1.54) is 6.07 Å². The van der Waals surface area contributed by atoms with Crippen molar-refractivity contribution in [2.75, 3.05) is 5.75 Å². The summed E-state index contributed by atoms with van der Waals surface area (Å²) in [4.78, 5) is 12.3. The van der Waals surface area contributed by atoms with Crippen LogP contribution in [-0.4, -0.2) is 16.3 Å². The van der Waals surface area contributed by atoms with Gasteiger partial charge in [0.2, 0.25) is 0 Å². The van der Waals surface area contributed by atoms with Gasteiger partial charge in [-0.3, -0.25) is 4.79 Å². The molecule has 0 radical (unpaired) electrons. The molecule has 0 aromatic heterocycles. The summed E-state index contributed by atoms with van der Waals surface area (Å²) < 4.78 is 12.8. The van der Waals surface area contributed by atoms with Gasteiger partial charge in [-0.25, -0.2) is 4.39 Å². The number of benzene rings is 1. The Morgan fingerprint density at radius 2 is 2.25 bits per heavy atom. The Balaban J connectivity index is 2.30. The van der Waals surface area contributed by atoms with E-state index in [-0.39, 0.29) is 16.3 Å². The summed E-state index contributed by atoms with van der Waals surface area (Å²) in [7, 11) is 0. The van der Waals surface area contributed by atoms with Crippen molar-refractivity contribution in [1.29, 1.82) is 0 Å². The molecule has 86 valence electrons. The summed E-state index contributed by atoms with van der Waals surface area (Å²) in [5.74, 6) is 0.932. The number of ketones is 1. The van der Waals surface area contributed by atoms with Crippen LogP contribution in [0.1, 0.15) is 35.7 Å². The van der Waals surface area contributed by atoms with E-state index in [0.717, 1.165) is 18.6 Å². The van der Waals surface area contributed by atoms with Gasteiger partial charge in [-0.05, 0) is 56.2 Å². The molecule has 1 aromatic rings. The van der Waals surface area contributed by atoms with Crippen molar-refractivity contribution in [3.63, 3.8) is 0 Å². The molecule has 0 aliphatic carbocycles. The Labute approximate surface area is 99.4 Å². The zero-order valence-corrected chi connectivity index (χ0v) is 10.4. The molecule has 1 aliphatic heterocycles. The Morgan fingerprint density at radius 3 is 2.81 bits per heavy atom. The molecule has 1 fully saturated rings. The van der Waals surface area contributed by atoms with E-state index in [9.17, 15) is 9.18 Å². The topological polar surface area (TPSA) is 17.1 Å². The molecule has 1 nitrogen and oxygen atoms in total. The molecular formula is C13H15FOS. The van der Waals surface area contributed by atoms with Gasteiger partial charge in [0.25, 0.3) is 0 Å². The maximum Gasteiger partial charge on any atom is 0.178 e. The van der Waals surface area contributed by atoms with Gasteiger partial charge in [-0.2, -0.15) is 0 Å². The van der Waals surface area contributed by atoms with E-state index in [0.29, 0.717) is 11.1 Å². The first-order valence-electron chi connectivity index (χ1n) is 5.48. The van der Waals surface area contributed by atoms with Crippen molar-refractivity contribution in [2.45, 2.75) is 31.4 Å². The number of thioether (sulfide) groups is 1. The summed E-state index contributed by atoms with van der Waals surface area (Å²) in [5.41, 5.74) is 1.17. The summed E-state index contributed by atoms with van der Waals surface area (Å²) in [6, 6.07) is 4.63. The van der Waals surface area contributed by atoms with E-state index in [1.54, 1.807) is 30.8 Å². The van der Waals surface area contributed by atoms with E-state index in [1.807, 2.05) is 6.92 Å². The predicted octanol–water partition coefficient (Wildman–Crippen LogP) is 3.60. The second-order valence-electron chi connectivity index (χ2n) is 4.48. The molecule has 1 saturated heterocycles. The number of aryl methyl sites for hydroxylation is 1. The first-order chi connectivity index (χ1) is 7.53. The highest BCUT2D eigenvalue weighted by molar-refractivity contribution is 8.01. The van der Waals surface area contributed by atoms with Gasteiger partial charge in [0.05, 0.1) is 4.75 Å². The van der Waals surface area contributed by atoms with Gasteiger partial charge in [0, 0.05) is 5.56 Å². The molecule has 1 unspecified atom stereocenters. The lowest BCUT2D eigenvalue weighted by Gasteiger charge is -2.21. The lowest BCUT2D eigenvalue weighted by Crippen LogP contribution is -2.28. The molecule has 2 rings (SSSR count). The third kappa shape index (κ3) is 2.01. The van der Waals surface area contributed by atoms with Crippen LogP contribution >= 0.6 is 11.8 Å². The standard InChI is InChI=1S/C13H15FOS/c1-9-8-10(4-5-11(9)14)12(15)13(2)6-3-7-16-13/h4-5,8H,3,6-7H2,1-2H3. The van der Waals surface area contributed by atoms with Crippen molar-refractivity contribution in [1.82, 2.24) is 0 Å². The SMILES string of the molecule is Cc1cc(C(=O)C2(C)CCCS2)ccc1F. The largest absolute Gasteiger partial charge is 0.293 e. The Hall–Kier alpha value is -0.830. The number of carbonyl (C=O) groups excluding carboxylic acids is 1. The predicted molar refractivity (Wildman–Crippen MR) is 65.6 cm³/mol. The highest BCUT2D eigenvalue weighted by atomic mass is 32.2. The first-order valence-corrected chi connectivity index (χ1v) is 6.46. The van der Waals surface area contributed by atoms with E-state index >= 15 is 0 Å². The van der Waals surface area contributed by atoms with Crippen LogP contribution in [0.15, 0.2) is 18.2 Å². The molecule has 1 atom stereocenters. The van der Waals surface area contributed by atoms with Crippen LogP contribution < -0.4 is 0 Å². The number of carbonyl (C=O) groups is 1. The lowest BCUT2D eigenvalue weighted by atomic mass is 9.94. The molecule has 1 aromatic carbocycles. The second kappa shape index (κ2) is 4.21. The fourth-order valence-corrected chi connectivity index (χ4v) is 3.33. The van der Waals surface area contributed by atoms with Crippen molar-refractivity contribution in [3.05, 3.63) is 35.1 Å². The van der Waals surface area contributed by atoms with Crippen molar-refractivity contribution >= 4 is 17.5 Å². The number of hydrogen-bond acceptors (Lipinski definition) is 2. The highest BCUT2D eigenvalue weighted by Gasteiger charge is 2.37. The minimum absolute atomic E-state index is 0.137. The number of Topliss-reactive ketones (excluding diaryl/α,β-unsaturated/α-hetero) is 1. The van der Waals surface area contributed by atoms with Gasteiger partial charge in [0.1, 0.15) is 5.82 Å². The third-order valence-electron chi connectivity index (χ3n) is 3.12. The zero-order chi connectivity index (χ0) is 11.8. The van der Waals surface area contributed by atoms with Crippen LogP contribution in [0.2, 0.25) is 0 Å².